The predicted molar refractivity (Wildman–Crippen MR) is 113 cm³/mol. The second-order valence-corrected chi connectivity index (χ2v) is 7.17. The molecule has 0 saturated carbocycles. The Balaban J connectivity index is 1.67. The van der Waals surface area contributed by atoms with Gasteiger partial charge in [0, 0.05) is 19.2 Å². The van der Waals surface area contributed by atoms with Crippen molar-refractivity contribution in [3.05, 3.63) is 77.5 Å². The number of benzene rings is 2. The summed E-state index contributed by atoms with van der Waals surface area (Å²) in [7, 11) is 3.28. The first-order chi connectivity index (χ1) is 15.3. The van der Waals surface area contributed by atoms with Crippen LogP contribution in [0.25, 0.3) is 22.3 Å². The lowest BCUT2D eigenvalue weighted by molar-refractivity contribution is -0.137. The summed E-state index contributed by atoms with van der Waals surface area (Å²) in [5, 5.41) is 7.43. The van der Waals surface area contributed by atoms with E-state index in [1.807, 2.05) is 12.1 Å². The van der Waals surface area contributed by atoms with Gasteiger partial charge < -0.3 is 10.1 Å². The molecule has 164 valence electrons. The lowest BCUT2D eigenvalue weighted by Gasteiger charge is -2.11. The fourth-order valence-corrected chi connectivity index (χ4v) is 3.37. The van der Waals surface area contributed by atoms with Crippen LogP contribution in [0.15, 0.2) is 60.8 Å². The number of hydrogen-bond acceptors (Lipinski definition) is 4. The average Bonchev–Trinajstić information content (AvgIpc) is 3.17. The van der Waals surface area contributed by atoms with E-state index in [0.29, 0.717) is 33.6 Å². The number of aromatic nitrogens is 3. The number of carbonyl (C=O) groups excluding carboxylic acids is 1. The van der Waals surface area contributed by atoms with Crippen molar-refractivity contribution in [2.75, 3.05) is 7.11 Å². The van der Waals surface area contributed by atoms with Crippen molar-refractivity contribution in [3.8, 4) is 17.0 Å². The second-order valence-electron chi connectivity index (χ2n) is 7.17. The van der Waals surface area contributed by atoms with Crippen LogP contribution in [0.5, 0.6) is 5.75 Å². The van der Waals surface area contributed by atoms with Crippen molar-refractivity contribution in [2.45, 2.75) is 12.7 Å². The number of amides is 1. The maximum atomic E-state index is 13.0. The van der Waals surface area contributed by atoms with Crippen LogP contribution in [0, 0.1) is 0 Å². The summed E-state index contributed by atoms with van der Waals surface area (Å²) in [6.07, 6.45) is -2.91. The molecule has 0 saturated heterocycles. The van der Waals surface area contributed by atoms with E-state index in [-0.39, 0.29) is 6.54 Å². The van der Waals surface area contributed by atoms with Crippen LogP contribution in [-0.2, 0) is 19.8 Å². The number of aryl methyl sites for hydroxylation is 1. The molecule has 0 fully saturated rings. The zero-order valence-corrected chi connectivity index (χ0v) is 17.3. The fourth-order valence-electron chi connectivity index (χ4n) is 3.37. The molecule has 6 nitrogen and oxygen atoms in total. The molecular weight excluding hydrogens is 421 g/mol. The molecular formula is C23H19F3N4O2. The molecule has 0 aliphatic carbocycles. The number of halogens is 3. The lowest BCUT2D eigenvalue weighted by atomic mass is 10.1. The molecule has 1 amide bonds. The number of alkyl halides is 3. The predicted octanol–water partition coefficient (Wildman–Crippen LogP) is 4.59. The highest BCUT2D eigenvalue weighted by atomic mass is 19.4. The van der Waals surface area contributed by atoms with Crippen LogP contribution in [-0.4, -0.2) is 27.8 Å². The number of fused-ring (bicyclic) bond motifs is 1. The Morgan fingerprint density at radius 2 is 1.91 bits per heavy atom. The van der Waals surface area contributed by atoms with Gasteiger partial charge in [0.15, 0.2) is 5.65 Å². The number of ether oxygens (including phenoxy) is 1. The Morgan fingerprint density at radius 1 is 1.12 bits per heavy atom. The molecule has 0 aliphatic rings. The van der Waals surface area contributed by atoms with Gasteiger partial charge in [-0.15, -0.1) is 0 Å². The number of nitrogens with one attached hydrogen (secondary N) is 1. The van der Waals surface area contributed by atoms with Gasteiger partial charge in [-0.3, -0.25) is 9.48 Å². The molecule has 0 radical (unpaired) electrons. The van der Waals surface area contributed by atoms with E-state index in [2.05, 4.69) is 15.4 Å². The van der Waals surface area contributed by atoms with Crippen LogP contribution < -0.4 is 10.1 Å². The molecule has 2 aromatic heterocycles. The number of nitrogens with zero attached hydrogens (tertiary/aromatic N) is 3. The molecule has 2 aromatic carbocycles. The fraction of sp³-hybridized carbons (Fsp3) is 0.174. The second kappa shape index (κ2) is 8.33. The normalized spacial score (nSPS) is 11.5. The van der Waals surface area contributed by atoms with Crippen molar-refractivity contribution in [1.82, 2.24) is 20.1 Å². The van der Waals surface area contributed by atoms with Gasteiger partial charge in [0.05, 0.1) is 35.5 Å². The van der Waals surface area contributed by atoms with Crippen LogP contribution in [0.1, 0.15) is 21.5 Å². The summed E-state index contributed by atoms with van der Waals surface area (Å²) in [5.41, 5.74) is 1.71. The van der Waals surface area contributed by atoms with Crippen LogP contribution in [0.3, 0.4) is 0 Å². The molecule has 0 aliphatic heterocycles. The van der Waals surface area contributed by atoms with Crippen molar-refractivity contribution in [2.24, 2.45) is 7.05 Å². The first-order valence-electron chi connectivity index (χ1n) is 9.68. The zero-order chi connectivity index (χ0) is 22.9. The number of pyridine rings is 1. The number of carbonyl (C=O) groups is 1. The highest BCUT2D eigenvalue weighted by Crippen LogP contribution is 2.30. The van der Waals surface area contributed by atoms with E-state index in [1.54, 1.807) is 37.0 Å². The van der Waals surface area contributed by atoms with E-state index in [0.717, 1.165) is 17.7 Å². The van der Waals surface area contributed by atoms with E-state index in [4.69, 9.17) is 4.74 Å². The van der Waals surface area contributed by atoms with Gasteiger partial charge in [-0.25, -0.2) is 4.98 Å². The zero-order valence-electron chi connectivity index (χ0n) is 17.3. The molecule has 4 aromatic rings. The Labute approximate surface area is 181 Å². The number of methoxy groups -OCH3 is 1. The minimum absolute atomic E-state index is 0.0542. The van der Waals surface area contributed by atoms with Gasteiger partial charge in [-0.2, -0.15) is 18.3 Å². The van der Waals surface area contributed by atoms with Gasteiger partial charge in [-0.1, -0.05) is 24.3 Å². The Morgan fingerprint density at radius 3 is 2.66 bits per heavy atom. The number of hydrogen-bond donors (Lipinski definition) is 1. The summed E-state index contributed by atoms with van der Waals surface area (Å²) in [6.45, 7) is -0.0542. The summed E-state index contributed by atoms with van der Waals surface area (Å²) in [6, 6.07) is 13.8. The molecule has 9 heteroatoms. The average molecular weight is 440 g/mol. The molecule has 0 spiro atoms. The Bertz CT molecular complexity index is 1300. The molecule has 4 rings (SSSR count). The summed E-state index contributed by atoms with van der Waals surface area (Å²) >= 11 is 0. The maximum absolute atomic E-state index is 13.0. The third kappa shape index (κ3) is 4.27. The van der Waals surface area contributed by atoms with E-state index in [9.17, 15) is 18.0 Å². The lowest BCUT2D eigenvalue weighted by Crippen LogP contribution is -2.23. The molecule has 32 heavy (non-hydrogen) atoms. The van der Waals surface area contributed by atoms with Gasteiger partial charge in [0.2, 0.25) is 0 Å². The molecule has 0 bridgehead atoms. The van der Waals surface area contributed by atoms with Crippen molar-refractivity contribution in [3.63, 3.8) is 0 Å². The van der Waals surface area contributed by atoms with Crippen LogP contribution in [0.2, 0.25) is 0 Å². The molecule has 1 N–H and O–H groups in total. The monoisotopic (exact) mass is 440 g/mol. The quantitative estimate of drug-likeness (QED) is 0.493. The Kier molecular flexibility index (Phi) is 5.56. The van der Waals surface area contributed by atoms with E-state index < -0.39 is 17.6 Å². The van der Waals surface area contributed by atoms with Crippen molar-refractivity contribution < 1.29 is 22.7 Å². The molecule has 0 atom stereocenters. The third-order valence-electron chi connectivity index (χ3n) is 5.02. The standard InChI is InChI=1S/C23H19F3N4O2/c1-30-21-19(13-28-30)18(11-20(29-21)15-6-4-8-17(10-15)32-2)22(31)27-12-14-5-3-7-16(9-14)23(24,25)26/h3-11,13H,12H2,1-2H3,(H,27,31). The summed E-state index contributed by atoms with van der Waals surface area (Å²) < 4.78 is 45.7. The van der Waals surface area contributed by atoms with Gasteiger partial charge >= 0.3 is 6.18 Å². The Hall–Kier alpha value is -3.88. The smallest absolute Gasteiger partial charge is 0.416 e. The minimum Gasteiger partial charge on any atom is -0.497 e. The molecule has 2 heterocycles. The first-order valence-corrected chi connectivity index (χ1v) is 9.68. The largest absolute Gasteiger partial charge is 0.497 e. The highest BCUT2D eigenvalue weighted by molar-refractivity contribution is 6.06. The van der Waals surface area contributed by atoms with Crippen molar-refractivity contribution in [1.29, 1.82) is 0 Å². The van der Waals surface area contributed by atoms with Gasteiger partial charge in [-0.05, 0) is 35.9 Å². The maximum Gasteiger partial charge on any atom is 0.416 e. The van der Waals surface area contributed by atoms with Crippen molar-refractivity contribution >= 4 is 16.9 Å². The van der Waals surface area contributed by atoms with Gasteiger partial charge in [0.1, 0.15) is 5.75 Å². The molecule has 0 unspecified atom stereocenters. The van der Waals surface area contributed by atoms with Crippen LogP contribution >= 0.6 is 0 Å². The summed E-state index contributed by atoms with van der Waals surface area (Å²) in [4.78, 5) is 17.6. The topological polar surface area (TPSA) is 69.0 Å². The van der Waals surface area contributed by atoms with E-state index in [1.165, 1.54) is 18.3 Å². The van der Waals surface area contributed by atoms with E-state index >= 15 is 0 Å². The van der Waals surface area contributed by atoms with Crippen LogP contribution in [0.4, 0.5) is 13.2 Å². The van der Waals surface area contributed by atoms with Gasteiger partial charge in [0.25, 0.3) is 5.91 Å². The SMILES string of the molecule is COc1cccc(-c2cc(C(=O)NCc3cccc(C(F)(F)F)c3)c3cnn(C)c3n2)c1. The highest BCUT2D eigenvalue weighted by Gasteiger charge is 2.30. The third-order valence-corrected chi connectivity index (χ3v) is 5.02. The number of rotatable bonds is 5. The minimum atomic E-state index is -4.45. The first kappa shape index (κ1) is 21.4. The summed E-state index contributed by atoms with van der Waals surface area (Å²) in [5.74, 6) is 0.205.